The van der Waals surface area contributed by atoms with E-state index < -0.39 is 7.12 Å². The zero-order valence-corrected chi connectivity index (χ0v) is 13.0. The Morgan fingerprint density at radius 1 is 1.25 bits per heavy atom. The summed E-state index contributed by atoms with van der Waals surface area (Å²) in [4.78, 5) is 8.50. The molecule has 1 N–H and O–H groups in total. The zero-order valence-electron chi connectivity index (χ0n) is 13.0. The van der Waals surface area contributed by atoms with E-state index in [2.05, 4.69) is 15.3 Å². The minimum Gasteiger partial charge on any atom is -0.464 e. The van der Waals surface area contributed by atoms with E-state index >= 15 is 0 Å². The van der Waals surface area contributed by atoms with Gasteiger partial charge in [0.15, 0.2) is 0 Å². The molecule has 2 heterocycles. The van der Waals surface area contributed by atoms with Gasteiger partial charge in [-0.3, -0.25) is 0 Å². The maximum absolute atomic E-state index is 6.01. The van der Waals surface area contributed by atoms with Gasteiger partial charge < -0.3 is 19.4 Å². The molecule has 0 unspecified atom stereocenters. The van der Waals surface area contributed by atoms with Gasteiger partial charge in [-0.25, -0.2) is 4.98 Å². The van der Waals surface area contributed by atoms with Gasteiger partial charge in [0, 0.05) is 18.7 Å². The summed E-state index contributed by atoms with van der Waals surface area (Å²) in [6, 6.07) is 0.345. The monoisotopic (exact) mass is 279 g/mol. The molecule has 0 aromatic carbocycles. The Morgan fingerprint density at radius 3 is 2.35 bits per heavy atom. The van der Waals surface area contributed by atoms with Gasteiger partial charge in [0.05, 0.1) is 17.8 Å². The molecule has 0 saturated carbocycles. The van der Waals surface area contributed by atoms with Gasteiger partial charge in [0.1, 0.15) is 5.82 Å². The number of rotatable bonds is 4. The lowest BCUT2D eigenvalue weighted by molar-refractivity contribution is 0.00578. The van der Waals surface area contributed by atoms with Crippen LogP contribution in [0.15, 0.2) is 6.20 Å². The van der Waals surface area contributed by atoms with Crippen LogP contribution in [0.1, 0.15) is 34.6 Å². The molecule has 110 valence electrons. The van der Waals surface area contributed by atoms with E-state index in [0.717, 1.165) is 5.46 Å². The highest BCUT2D eigenvalue weighted by Crippen LogP contribution is 2.36. The molecule has 0 amide bonds. The number of aromatic nitrogens is 2. The molecule has 20 heavy (non-hydrogen) atoms. The first-order valence-corrected chi connectivity index (χ1v) is 6.84. The van der Waals surface area contributed by atoms with Gasteiger partial charge in [0.25, 0.3) is 0 Å². The Balaban J connectivity index is 2.30. The smallest absolute Gasteiger partial charge is 0.464 e. The van der Waals surface area contributed by atoms with E-state index in [9.17, 15) is 0 Å². The third-order valence-electron chi connectivity index (χ3n) is 3.81. The molecular formula is C13H22BN3O3. The second kappa shape index (κ2) is 5.22. The van der Waals surface area contributed by atoms with Crippen LogP contribution >= 0.6 is 0 Å². The second-order valence-corrected chi connectivity index (χ2v) is 5.73. The van der Waals surface area contributed by atoms with Crippen molar-refractivity contribution in [3.05, 3.63) is 6.20 Å². The minimum absolute atomic E-state index is 0.345. The standard InChI is InChI=1S/C13H22BN3O3/c1-7-18-11-16-8-9(10(15-6)17-11)14-19-12(2,3)13(4,5)20-14/h8H,7H2,1-6H3,(H,15,16,17). The van der Waals surface area contributed by atoms with Crippen LogP contribution in [0.2, 0.25) is 0 Å². The molecule has 0 aliphatic carbocycles. The first kappa shape index (κ1) is 15.1. The lowest BCUT2D eigenvalue weighted by Crippen LogP contribution is -2.41. The van der Waals surface area contributed by atoms with E-state index in [1.165, 1.54) is 0 Å². The maximum atomic E-state index is 6.01. The van der Waals surface area contributed by atoms with Crippen molar-refractivity contribution in [2.75, 3.05) is 19.0 Å². The molecule has 6 nitrogen and oxygen atoms in total. The lowest BCUT2D eigenvalue weighted by atomic mass is 9.80. The molecule has 0 atom stereocenters. The van der Waals surface area contributed by atoms with Crippen molar-refractivity contribution in [2.45, 2.75) is 45.8 Å². The molecule has 0 radical (unpaired) electrons. The molecule has 0 bridgehead atoms. The first-order valence-electron chi connectivity index (χ1n) is 6.84. The Bertz CT molecular complexity index is 478. The fourth-order valence-electron chi connectivity index (χ4n) is 1.92. The van der Waals surface area contributed by atoms with Crippen LogP contribution in [-0.4, -0.2) is 41.9 Å². The van der Waals surface area contributed by atoms with Crippen LogP contribution in [0.4, 0.5) is 5.82 Å². The largest absolute Gasteiger partial charge is 0.500 e. The van der Waals surface area contributed by atoms with Crippen LogP contribution in [0.3, 0.4) is 0 Å². The molecule has 1 fully saturated rings. The summed E-state index contributed by atoms with van der Waals surface area (Å²) in [5.74, 6) is 0.655. The predicted octanol–water partition coefficient (Wildman–Crippen LogP) is 1.22. The van der Waals surface area contributed by atoms with Gasteiger partial charge in [-0.1, -0.05) is 0 Å². The van der Waals surface area contributed by atoms with Crippen molar-refractivity contribution in [3.63, 3.8) is 0 Å². The molecule has 1 aromatic rings. The Kier molecular flexibility index (Phi) is 3.93. The highest BCUT2D eigenvalue weighted by atomic mass is 16.7. The summed E-state index contributed by atoms with van der Waals surface area (Å²) in [6.45, 7) is 10.5. The summed E-state index contributed by atoms with van der Waals surface area (Å²) in [6.07, 6.45) is 1.69. The molecular weight excluding hydrogens is 257 g/mol. The normalized spacial score (nSPS) is 20.0. The van der Waals surface area contributed by atoms with Gasteiger partial charge in [-0.15, -0.1) is 0 Å². The lowest BCUT2D eigenvalue weighted by Gasteiger charge is -2.32. The zero-order chi connectivity index (χ0) is 15.0. The summed E-state index contributed by atoms with van der Waals surface area (Å²) >= 11 is 0. The fourth-order valence-corrected chi connectivity index (χ4v) is 1.92. The number of nitrogens with zero attached hydrogens (tertiary/aromatic N) is 2. The molecule has 1 saturated heterocycles. The molecule has 7 heteroatoms. The molecule has 0 spiro atoms. The van der Waals surface area contributed by atoms with Crippen molar-refractivity contribution >= 4 is 18.4 Å². The van der Waals surface area contributed by atoms with E-state index in [4.69, 9.17) is 14.0 Å². The van der Waals surface area contributed by atoms with Gasteiger partial charge in [0.2, 0.25) is 0 Å². The number of hydrogen-bond acceptors (Lipinski definition) is 6. The van der Waals surface area contributed by atoms with Gasteiger partial charge in [-0.2, -0.15) is 4.98 Å². The van der Waals surface area contributed by atoms with Crippen molar-refractivity contribution in [3.8, 4) is 6.01 Å². The van der Waals surface area contributed by atoms with Crippen molar-refractivity contribution in [1.29, 1.82) is 0 Å². The topological polar surface area (TPSA) is 65.5 Å². The average Bonchev–Trinajstić information content (AvgIpc) is 2.58. The maximum Gasteiger partial charge on any atom is 0.500 e. The second-order valence-electron chi connectivity index (χ2n) is 5.73. The first-order chi connectivity index (χ1) is 9.30. The summed E-state index contributed by atoms with van der Waals surface area (Å²) < 4.78 is 17.3. The fraction of sp³-hybridized carbons (Fsp3) is 0.692. The average molecular weight is 279 g/mol. The van der Waals surface area contributed by atoms with E-state index in [1.807, 2.05) is 34.6 Å². The number of hydrogen-bond donors (Lipinski definition) is 1. The number of anilines is 1. The van der Waals surface area contributed by atoms with Crippen LogP contribution in [0.5, 0.6) is 6.01 Å². The van der Waals surface area contributed by atoms with E-state index in [1.54, 1.807) is 13.2 Å². The quantitative estimate of drug-likeness (QED) is 0.836. The van der Waals surface area contributed by atoms with Crippen molar-refractivity contribution < 1.29 is 14.0 Å². The van der Waals surface area contributed by atoms with Gasteiger partial charge in [-0.05, 0) is 34.6 Å². The SMILES string of the molecule is CCOc1ncc(B2OC(C)(C)C(C)(C)O2)c(NC)n1. The number of ether oxygens (including phenoxy) is 1. The molecule has 1 aromatic heterocycles. The minimum atomic E-state index is -0.488. The summed E-state index contributed by atoms with van der Waals surface area (Å²) in [5.41, 5.74) is -0.00248. The van der Waals surface area contributed by atoms with Gasteiger partial charge >= 0.3 is 13.1 Å². The van der Waals surface area contributed by atoms with Crippen LogP contribution < -0.4 is 15.5 Å². The Morgan fingerprint density at radius 2 is 1.85 bits per heavy atom. The third-order valence-corrected chi connectivity index (χ3v) is 3.81. The highest BCUT2D eigenvalue weighted by molar-refractivity contribution is 6.63. The van der Waals surface area contributed by atoms with Crippen molar-refractivity contribution in [1.82, 2.24) is 9.97 Å². The highest BCUT2D eigenvalue weighted by Gasteiger charge is 2.52. The summed E-state index contributed by atoms with van der Waals surface area (Å²) in [7, 11) is 1.31. The Labute approximate surface area is 120 Å². The predicted molar refractivity (Wildman–Crippen MR) is 78.5 cm³/mol. The third kappa shape index (κ3) is 2.60. The molecule has 1 aliphatic heterocycles. The molecule has 1 aliphatic rings. The Hall–Kier alpha value is -1.34. The van der Waals surface area contributed by atoms with Crippen molar-refractivity contribution in [2.24, 2.45) is 0 Å². The summed E-state index contributed by atoms with van der Waals surface area (Å²) in [5, 5.41) is 3.03. The van der Waals surface area contributed by atoms with Crippen LogP contribution in [0.25, 0.3) is 0 Å². The van der Waals surface area contributed by atoms with E-state index in [0.29, 0.717) is 18.4 Å². The number of nitrogens with one attached hydrogen (secondary N) is 1. The van der Waals surface area contributed by atoms with E-state index in [-0.39, 0.29) is 11.2 Å². The van der Waals surface area contributed by atoms with Crippen LogP contribution in [-0.2, 0) is 9.31 Å². The van der Waals surface area contributed by atoms with Crippen LogP contribution in [0, 0.1) is 0 Å². The molecule has 2 rings (SSSR count).